The summed E-state index contributed by atoms with van der Waals surface area (Å²) in [7, 11) is -3.77. The topological polar surface area (TPSA) is 82.2 Å². The summed E-state index contributed by atoms with van der Waals surface area (Å²) in [5, 5.41) is 6.77. The Labute approximate surface area is 134 Å². The summed E-state index contributed by atoms with van der Waals surface area (Å²) in [4.78, 5) is 12.6. The second kappa shape index (κ2) is 5.98. The van der Waals surface area contributed by atoms with E-state index in [1.807, 2.05) is 24.3 Å². The van der Waals surface area contributed by atoms with E-state index in [0.717, 1.165) is 5.39 Å². The molecule has 0 atom stereocenters. The van der Waals surface area contributed by atoms with Crippen LogP contribution >= 0.6 is 0 Å². The summed E-state index contributed by atoms with van der Waals surface area (Å²) in [5.41, 5.74) is 0.520. The minimum Gasteiger partial charge on any atom is -0.315 e. The lowest BCUT2D eigenvalue weighted by Gasteiger charge is -2.10. The highest BCUT2D eigenvalue weighted by atomic mass is 32.2. The van der Waals surface area contributed by atoms with Crippen molar-refractivity contribution in [2.45, 2.75) is 17.9 Å². The van der Waals surface area contributed by atoms with Gasteiger partial charge >= 0.3 is 0 Å². The van der Waals surface area contributed by atoms with Crippen molar-refractivity contribution in [3.05, 3.63) is 76.7 Å². The highest BCUT2D eigenvalue weighted by molar-refractivity contribution is 7.89. The van der Waals surface area contributed by atoms with Crippen LogP contribution in [0.4, 0.5) is 0 Å². The van der Waals surface area contributed by atoms with Gasteiger partial charge in [0.2, 0.25) is 10.0 Å². The van der Waals surface area contributed by atoms with Gasteiger partial charge in [-0.2, -0.15) is 0 Å². The Kier molecular flexibility index (Phi) is 4.02. The van der Waals surface area contributed by atoms with Gasteiger partial charge in [-0.1, -0.05) is 36.4 Å². The lowest BCUT2D eigenvalue weighted by atomic mass is 10.1. The monoisotopic (exact) mass is 328 g/mol. The van der Waals surface area contributed by atoms with E-state index in [0.29, 0.717) is 23.9 Å². The zero-order chi connectivity index (χ0) is 16.4. The molecule has 2 N–H and O–H groups in total. The van der Waals surface area contributed by atoms with Gasteiger partial charge in [0.25, 0.3) is 5.56 Å². The third-order valence-corrected chi connectivity index (χ3v) is 4.80. The molecule has 1 heterocycles. The summed E-state index contributed by atoms with van der Waals surface area (Å²) < 4.78 is 24.8. The van der Waals surface area contributed by atoms with Crippen molar-refractivity contribution >= 4 is 20.8 Å². The molecule has 0 aliphatic rings. The highest BCUT2D eigenvalue weighted by Crippen LogP contribution is 2.15. The van der Waals surface area contributed by atoms with E-state index in [1.165, 1.54) is 6.07 Å². The second-order valence-electron chi connectivity index (χ2n) is 5.30. The molecule has 0 bridgehead atoms. The van der Waals surface area contributed by atoms with Gasteiger partial charge in [0, 0.05) is 18.1 Å². The van der Waals surface area contributed by atoms with Gasteiger partial charge in [-0.25, -0.2) is 13.6 Å². The van der Waals surface area contributed by atoms with Crippen molar-refractivity contribution in [1.82, 2.24) is 4.57 Å². The maximum absolute atomic E-state index is 12.5. The number of aryl methyl sites for hydroxylation is 2. The van der Waals surface area contributed by atoms with Crippen LogP contribution in [0.25, 0.3) is 10.8 Å². The Morgan fingerprint density at radius 2 is 1.65 bits per heavy atom. The van der Waals surface area contributed by atoms with E-state index in [1.54, 1.807) is 35.0 Å². The molecule has 0 fully saturated rings. The fraction of sp³-hybridized carbons (Fsp3) is 0.118. The molecule has 0 saturated heterocycles. The van der Waals surface area contributed by atoms with Crippen LogP contribution in [0.1, 0.15) is 5.56 Å². The van der Waals surface area contributed by atoms with Gasteiger partial charge in [0.15, 0.2) is 0 Å². The van der Waals surface area contributed by atoms with Crippen LogP contribution in [0.2, 0.25) is 0 Å². The second-order valence-corrected chi connectivity index (χ2v) is 6.83. The molecule has 2 aromatic carbocycles. The number of nitrogens with zero attached hydrogens (tertiary/aromatic N) is 1. The van der Waals surface area contributed by atoms with Crippen molar-refractivity contribution < 1.29 is 8.42 Å². The number of nitrogens with two attached hydrogens (primary N) is 1. The van der Waals surface area contributed by atoms with Gasteiger partial charge in [0.1, 0.15) is 0 Å². The third kappa shape index (κ3) is 3.18. The zero-order valence-electron chi connectivity index (χ0n) is 12.3. The molecule has 5 nitrogen and oxygen atoms in total. The first-order valence-electron chi connectivity index (χ1n) is 7.16. The molecular weight excluding hydrogens is 312 g/mol. The molecular formula is C17H16N2O3S. The van der Waals surface area contributed by atoms with Crippen molar-refractivity contribution in [2.75, 3.05) is 0 Å². The molecule has 1 aromatic heterocycles. The van der Waals surface area contributed by atoms with Gasteiger partial charge in [0.05, 0.1) is 4.90 Å². The first kappa shape index (κ1) is 15.5. The summed E-state index contributed by atoms with van der Waals surface area (Å²) in [6, 6.07) is 15.8. The van der Waals surface area contributed by atoms with Gasteiger partial charge < -0.3 is 4.57 Å². The summed E-state index contributed by atoms with van der Waals surface area (Å²) >= 11 is 0. The van der Waals surface area contributed by atoms with E-state index in [4.69, 9.17) is 5.14 Å². The van der Waals surface area contributed by atoms with Crippen LogP contribution in [-0.4, -0.2) is 13.0 Å². The Morgan fingerprint density at radius 1 is 0.957 bits per heavy atom. The number of benzene rings is 2. The Bertz CT molecular complexity index is 1020. The molecule has 0 spiro atoms. The number of pyridine rings is 1. The van der Waals surface area contributed by atoms with E-state index in [9.17, 15) is 13.2 Å². The lowest BCUT2D eigenvalue weighted by Crippen LogP contribution is -2.21. The Balaban J connectivity index is 1.94. The number of rotatable bonds is 4. The van der Waals surface area contributed by atoms with E-state index >= 15 is 0 Å². The largest absolute Gasteiger partial charge is 0.315 e. The Hall–Kier alpha value is -2.44. The molecule has 0 aliphatic carbocycles. The molecule has 23 heavy (non-hydrogen) atoms. The van der Waals surface area contributed by atoms with E-state index in [2.05, 4.69) is 0 Å². The van der Waals surface area contributed by atoms with E-state index in [-0.39, 0.29) is 10.5 Å². The van der Waals surface area contributed by atoms with Crippen molar-refractivity contribution in [3.8, 4) is 0 Å². The summed E-state index contributed by atoms with van der Waals surface area (Å²) in [6.45, 7) is 0.385. The Morgan fingerprint density at radius 3 is 2.43 bits per heavy atom. The third-order valence-electron chi connectivity index (χ3n) is 3.79. The number of primary sulfonamides is 1. The van der Waals surface area contributed by atoms with Crippen molar-refractivity contribution in [2.24, 2.45) is 5.14 Å². The first-order chi connectivity index (χ1) is 11.0. The number of sulfonamides is 1. The summed E-state index contributed by atoms with van der Waals surface area (Å²) in [5.74, 6) is 0. The fourth-order valence-corrected chi connectivity index (χ4v) is 3.44. The molecule has 118 valence electrons. The smallest absolute Gasteiger partial charge is 0.258 e. The average Bonchev–Trinajstić information content (AvgIpc) is 2.54. The minimum atomic E-state index is -3.77. The average molecular weight is 328 g/mol. The quantitative estimate of drug-likeness (QED) is 0.794. The number of hydrogen-bond donors (Lipinski definition) is 1. The van der Waals surface area contributed by atoms with Crippen LogP contribution in [0, 0.1) is 0 Å². The molecule has 0 amide bonds. The SMILES string of the molecule is NS(=O)(=O)c1ccccc1CCn1ccc2ccccc2c1=O. The minimum absolute atomic E-state index is 0.0869. The van der Waals surface area contributed by atoms with Crippen LogP contribution in [0.3, 0.4) is 0 Å². The number of hydrogen-bond acceptors (Lipinski definition) is 3. The maximum atomic E-state index is 12.5. The molecule has 0 unspecified atom stereocenters. The van der Waals surface area contributed by atoms with Crippen LogP contribution in [0.5, 0.6) is 0 Å². The predicted molar refractivity (Wildman–Crippen MR) is 89.7 cm³/mol. The molecule has 3 rings (SSSR count). The van der Waals surface area contributed by atoms with Crippen LogP contribution in [0.15, 0.2) is 70.5 Å². The highest BCUT2D eigenvalue weighted by Gasteiger charge is 2.13. The van der Waals surface area contributed by atoms with Crippen LogP contribution < -0.4 is 10.7 Å². The lowest BCUT2D eigenvalue weighted by molar-refractivity contribution is 0.594. The first-order valence-corrected chi connectivity index (χ1v) is 8.70. The normalized spacial score (nSPS) is 11.7. The number of aromatic nitrogens is 1. The molecule has 0 saturated carbocycles. The van der Waals surface area contributed by atoms with Crippen molar-refractivity contribution in [3.63, 3.8) is 0 Å². The standard InChI is InChI=1S/C17H16N2O3S/c18-23(21,22)16-8-4-2-6-14(16)10-12-19-11-9-13-5-1-3-7-15(13)17(19)20/h1-9,11H,10,12H2,(H2,18,21,22). The molecule has 6 heteroatoms. The van der Waals surface area contributed by atoms with Gasteiger partial charge in [-0.05, 0) is 35.6 Å². The molecule has 3 aromatic rings. The molecule has 0 aliphatic heterocycles. The van der Waals surface area contributed by atoms with Crippen LogP contribution in [-0.2, 0) is 23.0 Å². The number of fused-ring (bicyclic) bond motifs is 1. The predicted octanol–water partition coefficient (Wildman–Crippen LogP) is 1.89. The molecule has 0 radical (unpaired) electrons. The van der Waals surface area contributed by atoms with Gasteiger partial charge in [-0.15, -0.1) is 0 Å². The maximum Gasteiger partial charge on any atom is 0.258 e. The van der Waals surface area contributed by atoms with Crippen molar-refractivity contribution in [1.29, 1.82) is 0 Å². The zero-order valence-corrected chi connectivity index (χ0v) is 13.2. The fourth-order valence-electron chi connectivity index (χ4n) is 2.63. The summed E-state index contributed by atoms with van der Waals surface area (Å²) in [6.07, 6.45) is 2.13. The van der Waals surface area contributed by atoms with E-state index < -0.39 is 10.0 Å². The van der Waals surface area contributed by atoms with Gasteiger partial charge in [-0.3, -0.25) is 4.79 Å².